The van der Waals surface area contributed by atoms with E-state index in [9.17, 15) is 9.59 Å². The number of nitrogens with two attached hydrogens (primary N) is 1. The summed E-state index contributed by atoms with van der Waals surface area (Å²) in [6.07, 6.45) is 6.60. The fraction of sp³-hybridized carbons (Fsp3) is 0.259. The number of halogens is 1. The Morgan fingerprint density at radius 3 is 2.49 bits per heavy atom. The van der Waals surface area contributed by atoms with E-state index in [1.807, 2.05) is 44.1 Å². The third-order valence-electron chi connectivity index (χ3n) is 5.48. The second-order valence-electron chi connectivity index (χ2n) is 8.53. The molecule has 2 aromatic rings. The van der Waals surface area contributed by atoms with Crippen molar-refractivity contribution >= 4 is 35.2 Å². The molecule has 1 aliphatic rings. The van der Waals surface area contributed by atoms with Crippen LogP contribution >= 0.6 is 11.6 Å². The van der Waals surface area contributed by atoms with Gasteiger partial charge in [-0.2, -0.15) is 0 Å². The van der Waals surface area contributed by atoms with Crippen molar-refractivity contribution in [2.45, 2.75) is 33.2 Å². The lowest BCUT2D eigenvalue weighted by molar-refractivity contribution is -0.122. The van der Waals surface area contributed by atoms with Gasteiger partial charge >= 0.3 is 0 Å². The first-order valence-electron chi connectivity index (χ1n) is 11.3. The zero-order valence-corrected chi connectivity index (χ0v) is 21.4. The van der Waals surface area contributed by atoms with E-state index in [4.69, 9.17) is 22.3 Å². The Kier molecular flexibility index (Phi) is 8.25. The summed E-state index contributed by atoms with van der Waals surface area (Å²) in [5.74, 6) is -0.321. The molecular weight excluding hydrogens is 462 g/mol. The molecule has 182 valence electrons. The van der Waals surface area contributed by atoms with Crippen LogP contribution in [-0.4, -0.2) is 46.8 Å². The third-order valence-corrected chi connectivity index (χ3v) is 5.73. The Bertz CT molecular complexity index is 1240. The fourth-order valence-electron chi connectivity index (χ4n) is 3.97. The molecule has 7 nitrogen and oxygen atoms in total. The number of likely N-dealkylation sites (tertiary alicyclic amines) is 1. The monoisotopic (exact) mass is 491 g/mol. The molecule has 1 amide bonds. The Balaban J connectivity index is 2.34. The summed E-state index contributed by atoms with van der Waals surface area (Å²) >= 11 is 6.16. The lowest BCUT2D eigenvalue weighted by atomic mass is 9.96. The predicted molar refractivity (Wildman–Crippen MR) is 140 cm³/mol. The van der Waals surface area contributed by atoms with Crippen molar-refractivity contribution in [3.05, 3.63) is 93.7 Å². The van der Waals surface area contributed by atoms with Gasteiger partial charge in [-0.1, -0.05) is 30.7 Å². The molecular formula is C27H30ClN5O2. The molecule has 0 radical (unpaired) electrons. The molecule has 3 rings (SSSR count). The van der Waals surface area contributed by atoms with Crippen LogP contribution < -0.4 is 5.73 Å². The number of aliphatic imine (C=N–C) groups is 1. The van der Waals surface area contributed by atoms with Crippen LogP contribution in [0, 0.1) is 0 Å². The first-order chi connectivity index (χ1) is 16.7. The minimum absolute atomic E-state index is 0.245. The van der Waals surface area contributed by atoms with Gasteiger partial charge < -0.3 is 10.6 Å². The zero-order chi connectivity index (χ0) is 25.7. The van der Waals surface area contributed by atoms with Crippen molar-refractivity contribution in [2.24, 2.45) is 10.7 Å². The SMILES string of the molecule is CCc1ncccc1N=C1C(=O)N(C(/C=C(/C)C=O)=C/N(C)C)C(c2ccc(Cl)cc2)C1=C(C)N. The van der Waals surface area contributed by atoms with Gasteiger partial charge in [0, 0.05) is 42.8 Å². The summed E-state index contributed by atoms with van der Waals surface area (Å²) in [5, 5.41) is 0.581. The van der Waals surface area contributed by atoms with Gasteiger partial charge in [-0.15, -0.1) is 0 Å². The molecule has 0 saturated carbocycles. The molecule has 1 fully saturated rings. The number of pyridine rings is 1. The Morgan fingerprint density at radius 1 is 1.23 bits per heavy atom. The molecule has 1 saturated heterocycles. The number of amides is 1. The van der Waals surface area contributed by atoms with Gasteiger partial charge in [0.05, 0.1) is 23.1 Å². The smallest absolute Gasteiger partial charge is 0.278 e. The second-order valence-corrected chi connectivity index (χ2v) is 8.97. The number of benzene rings is 1. The topological polar surface area (TPSA) is 91.9 Å². The molecule has 35 heavy (non-hydrogen) atoms. The minimum Gasteiger partial charge on any atom is -0.402 e. The maximum Gasteiger partial charge on any atom is 0.278 e. The zero-order valence-electron chi connectivity index (χ0n) is 20.6. The summed E-state index contributed by atoms with van der Waals surface area (Å²) in [4.78, 5) is 38.2. The van der Waals surface area contributed by atoms with Gasteiger partial charge in [0.2, 0.25) is 0 Å². The molecule has 1 aliphatic heterocycles. The molecule has 1 aromatic heterocycles. The number of aromatic nitrogens is 1. The number of carbonyl (C=O) groups excluding carboxylic acids is 2. The summed E-state index contributed by atoms with van der Waals surface area (Å²) in [7, 11) is 3.70. The number of hydrogen-bond donors (Lipinski definition) is 1. The molecule has 0 spiro atoms. The van der Waals surface area contributed by atoms with Gasteiger partial charge in [0.15, 0.2) is 0 Å². The largest absolute Gasteiger partial charge is 0.402 e. The quantitative estimate of drug-likeness (QED) is 0.343. The third kappa shape index (κ3) is 5.69. The molecule has 1 unspecified atom stereocenters. The van der Waals surface area contributed by atoms with Crippen LogP contribution in [0.4, 0.5) is 5.69 Å². The van der Waals surface area contributed by atoms with Crippen LogP contribution in [0.15, 0.2) is 82.4 Å². The van der Waals surface area contributed by atoms with Gasteiger partial charge in [-0.05, 0) is 61.7 Å². The van der Waals surface area contributed by atoms with Crippen LogP contribution in [0.1, 0.15) is 38.1 Å². The Labute approximate surface area is 211 Å². The van der Waals surface area contributed by atoms with Crippen molar-refractivity contribution in [2.75, 3.05) is 14.1 Å². The second kappa shape index (κ2) is 11.1. The lowest BCUT2D eigenvalue weighted by Gasteiger charge is -2.27. The van der Waals surface area contributed by atoms with Crippen molar-refractivity contribution in [3.8, 4) is 0 Å². The highest BCUT2D eigenvalue weighted by molar-refractivity contribution is 6.49. The van der Waals surface area contributed by atoms with Crippen molar-refractivity contribution in [3.63, 3.8) is 0 Å². The van der Waals surface area contributed by atoms with E-state index < -0.39 is 6.04 Å². The standard InChI is InChI=1S/C27H30ClN5O2/c1-6-22-23(8-7-13-30-22)31-25-24(18(3)29)26(19-9-11-20(28)12-10-19)33(27(25)35)21(15-32(4)5)14-17(2)16-34/h7-16,26H,6,29H2,1-5H3/b17-14-,21-15+,24-18?,31-25?. The van der Waals surface area contributed by atoms with Gasteiger partial charge in [0.25, 0.3) is 5.91 Å². The predicted octanol–water partition coefficient (Wildman–Crippen LogP) is 4.73. The first-order valence-corrected chi connectivity index (χ1v) is 11.7. The van der Waals surface area contributed by atoms with Gasteiger partial charge in [-0.25, -0.2) is 4.99 Å². The highest BCUT2D eigenvalue weighted by Crippen LogP contribution is 2.41. The number of hydrogen-bond acceptors (Lipinski definition) is 6. The first kappa shape index (κ1) is 25.9. The van der Waals surface area contributed by atoms with Crippen molar-refractivity contribution in [1.82, 2.24) is 14.8 Å². The summed E-state index contributed by atoms with van der Waals surface area (Å²) in [6.45, 7) is 5.44. The molecule has 1 aromatic carbocycles. The van der Waals surface area contributed by atoms with E-state index in [0.29, 0.717) is 39.7 Å². The molecule has 2 N–H and O–H groups in total. The average molecular weight is 492 g/mol. The maximum absolute atomic E-state index is 14.0. The highest BCUT2D eigenvalue weighted by atomic mass is 35.5. The van der Waals surface area contributed by atoms with Crippen LogP contribution in [-0.2, 0) is 16.0 Å². The van der Waals surface area contributed by atoms with E-state index in [-0.39, 0.29) is 11.6 Å². The van der Waals surface area contributed by atoms with Gasteiger partial charge in [-0.3, -0.25) is 19.5 Å². The average Bonchev–Trinajstić information content (AvgIpc) is 3.11. The minimum atomic E-state index is -0.563. The molecule has 0 aliphatic carbocycles. The van der Waals surface area contributed by atoms with E-state index in [2.05, 4.69) is 4.98 Å². The molecule has 1 atom stereocenters. The number of aldehydes is 1. The van der Waals surface area contributed by atoms with Crippen molar-refractivity contribution in [1.29, 1.82) is 0 Å². The molecule has 0 bridgehead atoms. The van der Waals surface area contributed by atoms with Crippen LogP contribution in [0.5, 0.6) is 0 Å². The van der Waals surface area contributed by atoms with Gasteiger partial charge in [0.1, 0.15) is 12.0 Å². The molecule has 2 heterocycles. The normalized spacial score (nSPS) is 19.4. The van der Waals surface area contributed by atoms with Crippen LogP contribution in [0.2, 0.25) is 5.02 Å². The van der Waals surface area contributed by atoms with Crippen LogP contribution in [0.3, 0.4) is 0 Å². The fourth-order valence-corrected chi connectivity index (χ4v) is 4.09. The van der Waals surface area contributed by atoms with Crippen LogP contribution in [0.25, 0.3) is 0 Å². The Hall–Kier alpha value is -3.71. The number of nitrogens with zero attached hydrogens (tertiary/aromatic N) is 4. The summed E-state index contributed by atoms with van der Waals surface area (Å²) in [6, 6.07) is 10.3. The molecule has 8 heteroatoms. The number of carbonyl (C=O) groups is 2. The number of aryl methyl sites for hydroxylation is 1. The van der Waals surface area contributed by atoms with E-state index in [1.165, 1.54) is 0 Å². The lowest BCUT2D eigenvalue weighted by Crippen LogP contribution is -2.29. The van der Waals surface area contributed by atoms with E-state index in [1.54, 1.807) is 55.4 Å². The maximum atomic E-state index is 14.0. The highest BCUT2D eigenvalue weighted by Gasteiger charge is 2.44. The van der Waals surface area contributed by atoms with E-state index >= 15 is 0 Å². The number of allylic oxidation sites excluding steroid dienone is 3. The van der Waals surface area contributed by atoms with E-state index in [0.717, 1.165) is 17.5 Å². The number of rotatable bonds is 7. The summed E-state index contributed by atoms with van der Waals surface area (Å²) in [5.41, 5.74) is 10.9. The summed E-state index contributed by atoms with van der Waals surface area (Å²) < 4.78 is 0. The Morgan fingerprint density at radius 2 is 1.91 bits per heavy atom. The van der Waals surface area contributed by atoms with Crippen molar-refractivity contribution < 1.29 is 9.59 Å².